The first-order valence-corrected chi connectivity index (χ1v) is 12.7. The Hall–Kier alpha value is -2.98. The number of aryl methyl sites for hydroxylation is 1. The largest absolute Gasteiger partial charge is 0.336 e. The van der Waals surface area contributed by atoms with Gasteiger partial charge in [0.2, 0.25) is 0 Å². The highest BCUT2D eigenvalue weighted by Gasteiger charge is 2.24. The lowest BCUT2D eigenvalue weighted by Gasteiger charge is -2.36. The van der Waals surface area contributed by atoms with Crippen molar-refractivity contribution < 1.29 is 18.1 Å². The molecule has 1 fully saturated rings. The van der Waals surface area contributed by atoms with E-state index in [0.717, 1.165) is 32.1 Å². The number of carbonyl (C=O) groups excluding carboxylic acids is 1. The average Bonchev–Trinajstić information content (AvgIpc) is 2.77. The van der Waals surface area contributed by atoms with Gasteiger partial charge in [0.1, 0.15) is 0 Å². The lowest BCUT2D eigenvalue weighted by molar-refractivity contribution is -0.385. The van der Waals surface area contributed by atoms with Crippen molar-refractivity contribution in [1.29, 1.82) is 0 Å². The first-order chi connectivity index (χ1) is 15.9. The summed E-state index contributed by atoms with van der Waals surface area (Å²) in [5.74, 6) is -0.0842. The van der Waals surface area contributed by atoms with Gasteiger partial charge in [-0.25, -0.2) is 8.42 Å². The summed E-state index contributed by atoms with van der Waals surface area (Å²) in [5.41, 5.74) is 1.15. The van der Waals surface area contributed by atoms with Crippen LogP contribution in [0.3, 0.4) is 0 Å². The quantitative estimate of drug-likeness (QED) is 0.467. The minimum atomic E-state index is -4.02. The number of rotatable bonds is 7. The number of nitrogens with one attached hydrogen (secondary N) is 1. The van der Waals surface area contributed by atoms with Gasteiger partial charge < -0.3 is 4.90 Å². The average molecular weight is 489 g/mol. The molecule has 10 heteroatoms. The molecular weight excluding hydrogens is 456 g/mol. The molecular formula is C24H32N4O5S. The van der Waals surface area contributed by atoms with Gasteiger partial charge in [0.25, 0.3) is 21.6 Å². The number of piperazine rings is 1. The molecule has 0 saturated carbocycles. The predicted molar refractivity (Wildman–Crippen MR) is 131 cm³/mol. The molecule has 0 spiro atoms. The molecule has 0 bridgehead atoms. The normalized spacial score (nSPS) is 15.2. The van der Waals surface area contributed by atoms with Crippen molar-refractivity contribution in [3.05, 3.63) is 63.7 Å². The van der Waals surface area contributed by atoms with Crippen molar-refractivity contribution in [2.75, 3.05) is 37.4 Å². The van der Waals surface area contributed by atoms with E-state index in [2.05, 4.69) is 30.4 Å². The van der Waals surface area contributed by atoms with E-state index < -0.39 is 14.9 Å². The highest BCUT2D eigenvalue weighted by Crippen LogP contribution is 2.24. The Morgan fingerprint density at radius 1 is 1.06 bits per heavy atom. The molecule has 2 aromatic carbocycles. The Kier molecular flexibility index (Phi) is 7.62. The maximum Gasteiger partial charge on any atom is 0.273 e. The molecule has 1 amide bonds. The zero-order valence-corrected chi connectivity index (χ0v) is 20.9. The summed E-state index contributed by atoms with van der Waals surface area (Å²) in [7, 11) is -4.02. The Morgan fingerprint density at radius 2 is 1.68 bits per heavy atom. The molecule has 9 nitrogen and oxygen atoms in total. The molecule has 184 valence electrons. The Morgan fingerprint density at radius 3 is 2.24 bits per heavy atom. The summed E-state index contributed by atoms with van der Waals surface area (Å²) < 4.78 is 27.8. The van der Waals surface area contributed by atoms with Crippen molar-refractivity contribution >= 4 is 27.3 Å². The molecule has 1 aliphatic heterocycles. The van der Waals surface area contributed by atoms with Gasteiger partial charge >= 0.3 is 0 Å². The van der Waals surface area contributed by atoms with Gasteiger partial charge in [-0.15, -0.1) is 0 Å². The molecule has 0 aromatic heterocycles. The van der Waals surface area contributed by atoms with E-state index in [1.165, 1.54) is 24.3 Å². The lowest BCUT2D eigenvalue weighted by Crippen LogP contribution is -2.49. The van der Waals surface area contributed by atoms with E-state index in [1.54, 1.807) is 19.1 Å². The fraction of sp³-hybridized carbons (Fsp3) is 0.458. The third kappa shape index (κ3) is 6.54. The molecule has 0 atom stereocenters. The monoisotopic (exact) mass is 488 g/mol. The maximum absolute atomic E-state index is 12.9. The van der Waals surface area contributed by atoms with E-state index in [4.69, 9.17) is 0 Å². The van der Waals surface area contributed by atoms with Gasteiger partial charge in [-0.05, 0) is 55.6 Å². The van der Waals surface area contributed by atoms with Crippen molar-refractivity contribution in [3.63, 3.8) is 0 Å². The van der Waals surface area contributed by atoms with Crippen LogP contribution in [0.1, 0.15) is 43.1 Å². The van der Waals surface area contributed by atoms with E-state index >= 15 is 0 Å². The van der Waals surface area contributed by atoms with Crippen molar-refractivity contribution in [2.24, 2.45) is 5.41 Å². The molecule has 0 radical (unpaired) electrons. The van der Waals surface area contributed by atoms with Crippen molar-refractivity contribution in [2.45, 2.75) is 39.0 Å². The number of hydrogen-bond donors (Lipinski definition) is 1. The standard InChI is InChI=1S/C24H32N4O5S/c1-18-5-10-21(17-22(18)28(30)31)34(32,33)25-20-8-6-19(7-9-20)23(29)27-15-13-26(14-16-27)12-11-24(2,3)4/h5-10,17,25H,11-16H2,1-4H3. The smallest absolute Gasteiger partial charge is 0.273 e. The molecule has 3 rings (SSSR count). The Labute approximate surface area is 201 Å². The van der Waals surface area contributed by atoms with E-state index in [9.17, 15) is 23.3 Å². The molecule has 1 heterocycles. The van der Waals surface area contributed by atoms with Gasteiger partial charge in [0.05, 0.1) is 9.82 Å². The molecule has 1 saturated heterocycles. The van der Waals surface area contributed by atoms with Crippen LogP contribution in [0, 0.1) is 22.5 Å². The highest BCUT2D eigenvalue weighted by atomic mass is 32.2. The fourth-order valence-electron chi connectivity index (χ4n) is 3.70. The maximum atomic E-state index is 12.9. The van der Waals surface area contributed by atoms with E-state index in [-0.39, 0.29) is 27.6 Å². The minimum absolute atomic E-state index is 0.0842. The fourth-order valence-corrected chi connectivity index (χ4v) is 4.78. The topological polar surface area (TPSA) is 113 Å². The molecule has 34 heavy (non-hydrogen) atoms. The lowest BCUT2D eigenvalue weighted by atomic mass is 9.92. The van der Waals surface area contributed by atoms with Gasteiger partial charge in [-0.3, -0.25) is 24.5 Å². The number of nitro groups is 1. The van der Waals surface area contributed by atoms with Crippen LogP contribution < -0.4 is 4.72 Å². The zero-order chi connectivity index (χ0) is 25.1. The second kappa shape index (κ2) is 10.1. The van der Waals surface area contributed by atoms with E-state index in [0.29, 0.717) is 24.2 Å². The molecule has 2 aromatic rings. The Balaban J connectivity index is 1.61. The van der Waals surface area contributed by atoms with Crippen LogP contribution in [0.5, 0.6) is 0 Å². The molecule has 1 N–H and O–H groups in total. The minimum Gasteiger partial charge on any atom is -0.336 e. The third-order valence-electron chi connectivity index (χ3n) is 5.91. The highest BCUT2D eigenvalue weighted by molar-refractivity contribution is 7.92. The number of carbonyl (C=O) groups is 1. The van der Waals surface area contributed by atoms with Crippen molar-refractivity contribution in [3.8, 4) is 0 Å². The van der Waals surface area contributed by atoms with Crippen LogP contribution in [-0.2, 0) is 10.0 Å². The molecule has 0 aliphatic carbocycles. The van der Waals surface area contributed by atoms with Crippen LogP contribution in [0.2, 0.25) is 0 Å². The summed E-state index contributed by atoms with van der Waals surface area (Å²) in [6.45, 7) is 12.2. The molecule has 1 aliphatic rings. The van der Waals surface area contributed by atoms with Crippen LogP contribution in [-0.4, -0.2) is 61.8 Å². The Bertz CT molecular complexity index is 1150. The van der Waals surface area contributed by atoms with Crippen LogP contribution in [0.15, 0.2) is 47.4 Å². The summed E-state index contributed by atoms with van der Waals surface area (Å²) >= 11 is 0. The van der Waals surface area contributed by atoms with E-state index in [1.807, 2.05) is 4.90 Å². The first-order valence-electron chi connectivity index (χ1n) is 11.3. The van der Waals surface area contributed by atoms with Gasteiger partial charge in [-0.1, -0.05) is 26.8 Å². The summed E-state index contributed by atoms with van der Waals surface area (Å²) in [5, 5.41) is 11.1. The summed E-state index contributed by atoms with van der Waals surface area (Å²) in [4.78, 5) is 27.4. The van der Waals surface area contributed by atoms with Crippen LogP contribution in [0.4, 0.5) is 11.4 Å². The first kappa shape index (κ1) is 25.6. The number of sulfonamides is 1. The van der Waals surface area contributed by atoms with Gasteiger partial charge in [0, 0.05) is 49.1 Å². The number of anilines is 1. The number of benzene rings is 2. The zero-order valence-electron chi connectivity index (χ0n) is 20.1. The van der Waals surface area contributed by atoms with Gasteiger partial charge in [0.15, 0.2) is 0 Å². The van der Waals surface area contributed by atoms with Crippen LogP contribution in [0.25, 0.3) is 0 Å². The van der Waals surface area contributed by atoms with Crippen molar-refractivity contribution in [1.82, 2.24) is 9.80 Å². The SMILES string of the molecule is Cc1ccc(S(=O)(=O)Nc2ccc(C(=O)N3CCN(CCC(C)(C)C)CC3)cc2)cc1[N+](=O)[O-]. The summed E-state index contributed by atoms with van der Waals surface area (Å²) in [6.07, 6.45) is 1.11. The second-order valence-corrected chi connectivity index (χ2v) is 11.5. The third-order valence-corrected chi connectivity index (χ3v) is 7.29. The number of amides is 1. The predicted octanol–water partition coefficient (Wildman–Crippen LogP) is 3.90. The number of hydrogen-bond acceptors (Lipinski definition) is 6. The number of nitrogens with zero attached hydrogens (tertiary/aromatic N) is 3. The number of nitro benzene ring substituents is 1. The van der Waals surface area contributed by atoms with Crippen LogP contribution >= 0.6 is 0 Å². The molecule has 0 unspecified atom stereocenters. The van der Waals surface area contributed by atoms with Gasteiger partial charge in [-0.2, -0.15) is 0 Å². The second-order valence-electron chi connectivity index (χ2n) is 9.83. The summed E-state index contributed by atoms with van der Waals surface area (Å²) in [6, 6.07) is 9.98.